The molecule has 0 atom stereocenters. The van der Waals surface area contributed by atoms with Gasteiger partial charge in [-0.15, -0.1) is 10.2 Å². The van der Waals surface area contributed by atoms with Gasteiger partial charge in [0, 0.05) is 31.4 Å². The summed E-state index contributed by atoms with van der Waals surface area (Å²) in [5.41, 5.74) is 2.83. The molecular formula is C14H17N5O. The minimum absolute atomic E-state index is 0.0463. The van der Waals surface area contributed by atoms with E-state index in [1.54, 1.807) is 6.33 Å². The molecule has 2 heterocycles. The number of nitrogens with one attached hydrogen (secondary N) is 1. The second-order valence-corrected chi connectivity index (χ2v) is 4.95. The average Bonchev–Trinajstić information content (AvgIpc) is 2.93. The van der Waals surface area contributed by atoms with Crippen molar-refractivity contribution in [1.29, 1.82) is 0 Å². The van der Waals surface area contributed by atoms with Crippen LogP contribution in [0.2, 0.25) is 0 Å². The third-order valence-corrected chi connectivity index (χ3v) is 3.67. The van der Waals surface area contributed by atoms with Crippen LogP contribution in [-0.4, -0.2) is 39.2 Å². The Bertz CT molecular complexity index is 649. The van der Waals surface area contributed by atoms with Gasteiger partial charge in [-0.25, -0.2) is 0 Å². The van der Waals surface area contributed by atoms with E-state index in [0.717, 1.165) is 29.2 Å². The Morgan fingerprint density at radius 2 is 2.20 bits per heavy atom. The molecular weight excluding hydrogens is 254 g/mol. The summed E-state index contributed by atoms with van der Waals surface area (Å²) < 4.78 is 1.99. The lowest BCUT2D eigenvalue weighted by Crippen LogP contribution is -2.38. The van der Waals surface area contributed by atoms with Gasteiger partial charge in [-0.3, -0.25) is 4.79 Å². The minimum Gasteiger partial charge on any atom is -0.388 e. The highest BCUT2D eigenvalue weighted by atomic mass is 16.2. The van der Waals surface area contributed by atoms with Crippen molar-refractivity contribution in [2.45, 2.75) is 20.0 Å². The molecule has 0 bridgehead atoms. The molecule has 2 aromatic rings. The minimum atomic E-state index is 0.0463. The molecule has 0 saturated heterocycles. The summed E-state index contributed by atoms with van der Waals surface area (Å²) in [5, 5.41) is 11.0. The van der Waals surface area contributed by atoms with Gasteiger partial charge in [-0.1, -0.05) is 0 Å². The standard InChI is InChI=1S/C14H17N5O/c1-10-7-11(3-4-12(10)15-2)14(20)18-5-6-19-9-16-17-13(19)8-18/h3-4,7,9,15H,5-6,8H2,1-2H3. The lowest BCUT2D eigenvalue weighted by molar-refractivity contribution is 0.0707. The molecule has 1 aromatic carbocycles. The molecule has 20 heavy (non-hydrogen) atoms. The van der Waals surface area contributed by atoms with Crippen LogP contribution in [0.4, 0.5) is 5.69 Å². The van der Waals surface area contributed by atoms with E-state index in [0.29, 0.717) is 13.1 Å². The normalized spacial score (nSPS) is 14.0. The number of carbonyl (C=O) groups excluding carboxylic acids is 1. The van der Waals surface area contributed by atoms with Crippen LogP contribution in [0.15, 0.2) is 24.5 Å². The molecule has 104 valence electrons. The second-order valence-electron chi connectivity index (χ2n) is 4.95. The van der Waals surface area contributed by atoms with Crippen molar-refractivity contribution in [3.63, 3.8) is 0 Å². The molecule has 0 radical (unpaired) electrons. The predicted octanol–water partition coefficient (Wildman–Crippen LogP) is 1.28. The van der Waals surface area contributed by atoms with Gasteiger partial charge >= 0.3 is 0 Å². The number of anilines is 1. The first-order valence-electron chi connectivity index (χ1n) is 6.63. The zero-order valence-electron chi connectivity index (χ0n) is 11.6. The third kappa shape index (κ3) is 2.13. The molecule has 6 nitrogen and oxygen atoms in total. The fourth-order valence-corrected chi connectivity index (χ4v) is 2.50. The van der Waals surface area contributed by atoms with Crippen LogP contribution in [0.1, 0.15) is 21.7 Å². The molecule has 0 saturated carbocycles. The van der Waals surface area contributed by atoms with Gasteiger partial charge < -0.3 is 14.8 Å². The molecule has 6 heteroatoms. The Morgan fingerprint density at radius 3 is 2.95 bits per heavy atom. The quantitative estimate of drug-likeness (QED) is 0.894. The molecule has 1 N–H and O–H groups in total. The maximum Gasteiger partial charge on any atom is 0.254 e. The SMILES string of the molecule is CNc1ccc(C(=O)N2CCn3cnnc3C2)cc1C. The summed E-state index contributed by atoms with van der Waals surface area (Å²) in [4.78, 5) is 14.3. The maximum absolute atomic E-state index is 12.5. The summed E-state index contributed by atoms with van der Waals surface area (Å²) in [7, 11) is 1.88. The van der Waals surface area contributed by atoms with Gasteiger partial charge in [-0.05, 0) is 30.7 Å². The van der Waals surface area contributed by atoms with Crippen molar-refractivity contribution in [1.82, 2.24) is 19.7 Å². The molecule has 1 aliphatic heterocycles. The summed E-state index contributed by atoms with van der Waals surface area (Å²) in [6.07, 6.45) is 1.71. The van der Waals surface area contributed by atoms with Gasteiger partial charge in [0.15, 0.2) is 5.82 Å². The highest BCUT2D eigenvalue weighted by Gasteiger charge is 2.23. The molecule has 1 aliphatic rings. The Hall–Kier alpha value is -2.37. The first-order chi connectivity index (χ1) is 9.69. The Balaban J connectivity index is 1.81. The van der Waals surface area contributed by atoms with Gasteiger partial charge in [0.25, 0.3) is 5.91 Å². The van der Waals surface area contributed by atoms with Gasteiger partial charge in [-0.2, -0.15) is 0 Å². The van der Waals surface area contributed by atoms with Crippen LogP contribution < -0.4 is 5.32 Å². The number of fused-ring (bicyclic) bond motifs is 1. The van der Waals surface area contributed by atoms with Crippen LogP contribution in [0.25, 0.3) is 0 Å². The van der Waals surface area contributed by atoms with Crippen molar-refractivity contribution in [2.75, 3.05) is 18.9 Å². The summed E-state index contributed by atoms with van der Waals surface area (Å²) in [5.74, 6) is 0.887. The molecule has 3 rings (SSSR count). The molecule has 0 fully saturated rings. The monoisotopic (exact) mass is 271 g/mol. The number of hydrogen-bond donors (Lipinski definition) is 1. The van der Waals surface area contributed by atoms with E-state index in [4.69, 9.17) is 0 Å². The first-order valence-corrected chi connectivity index (χ1v) is 6.63. The number of aryl methyl sites for hydroxylation is 1. The highest BCUT2D eigenvalue weighted by Crippen LogP contribution is 2.19. The van der Waals surface area contributed by atoms with E-state index in [1.807, 2.05) is 41.6 Å². The topological polar surface area (TPSA) is 63.1 Å². The maximum atomic E-state index is 12.5. The van der Waals surface area contributed by atoms with E-state index in [-0.39, 0.29) is 5.91 Å². The van der Waals surface area contributed by atoms with Crippen LogP contribution in [-0.2, 0) is 13.1 Å². The lowest BCUT2D eigenvalue weighted by atomic mass is 10.1. The number of aromatic nitrogens is 3. The number of amides is 1. The van der Waals surface area contributed by atoms with Crippen molar-refractivity contribution in [3.8, 4) is 0 Å². The number of nitrogens with zero attached hydrogens (tertiary/aromatic N) is 4. The van der Waals surface area contributed by atoms with Gasteiger partial charge in [0.05, 0.1) is 6.54 Å². The van der Waals surface area contributed by atoms with E-state index < -0.39 is 0 Å². The van der Waals surface area contributed by atoms with Crippen LogP contribution in [0.3, 0.4) is 0 Å². The smallest absolute Gasteiger partial charge is 0.254 e. The van der Waals surface area contributed by atoms with Crippen molar-refractivity contribution < 1.29 is 4.79 Å². The lowest BCUT2D eigenvalue weighted by Gasteiger charge is -2.27. The van der Waals surface area contributed by atoms with Crippen LogP contribution >= 0.6 is 0 Å². The Morgan fingerprint density at radius 1 is 1.35 bits per heavy atom. The largest absolute Gasteiger partial charge is 0.388 e. The van der Waals surface area contributed by atoms with E-state index in [2.05, 4.69) is 15.5 Å². The van der Waals surface area contributed by atoms with Gasteiger partial charge in [0.1, 0.15) is 6.33 Å². The summed E-state index contributed by atoms with van der Waals surface area (Å²) in [6.45, 7) is 3.96. The molecule has 0 aliphatic carbocycles. The van der Waals surface area contributed by atoms with Crippen LogP contribution in [0, 0.1) is 6.92 Å². The Labute approximate surface area is 117 Å². The van der Waals surface area contributed by atoms with Crippen molar-refractivity contribution >= 4 is 11.6 Å². The second kappa shape index (κ2) is 4.96. The molecule has 1 aromatic heterocycles. The third-order valence-electron chi connectivity index (χ3n) is 3.67. The zero-order chi connectivity index (χ0) is 14.1. The summed E-state index contributed by atoms with van der Waals surface area (Å²) in [6, 6.07) is 5.73. The summed E-state index contributed by atoms with van der Waals surface area (Å²) >= 11 is 0. The number of hydrogen-bond acceptors (Lipinski definition) is 4. The molecule has 0 unspecified atom stereocenters. The molecule has 0 spiro atoms. The van der Waals surface area contributed by atoms with E-state index in [1.165, 1.54) is 0 Å². The van der Waals surface area contributed by atoms with E-state index >= 15 is 0 Å². The van der Waals surface area contributed by atoms with Crippen LogP contribution in [0.5, 0.6) is 0 Å². The zero-order valence-corrected chi connectivity index (χ0v) is 11.6. The van der Waals surface area contributed by atoms with Crippen molar-refractivity contribution in [3.05, 3.63) is 41.5 Å². The number of carbonyl (C=O) groups is 1. The number of benzene rings is 1. The number of rotatable bonds is 2. The Kier molecular flexibility index (Phi) is 3.14. The fourth-order valence-electron chi connectivity index (χ4n) is 2.50. The van der Waals surface area contributed by atoms with Crippen molar-refractivity contribution in [2.24, 2.45) is 0 Å². The van der Waals surface area contributed by atoms with Gasteiger partial charge in [0.2, 0.25) is 0 Å². The highest BCUT2D eigenvalue weighted by molar-refractivity contribution is 5.95. The first kappa shape index (κ1) is 12.7. The fraction of sp³-hybridized carbons (Fsp3) is 0.357. The molecule has 1 amide bonds. The van der Waals surface area contributed by atoms with E-state index in [9.17, 15) is 4.79 Å². The predicted molar refractivity (Wildman–Crippen MR) is 75.5 cm³/mol. The average molecular weight is 271 g/mol.